The lowest BCUT2D eigenvalue weighted by Gasteiger charge is -2.23. The van der Waals surface area contributed by atoms with Gasteiger partial charge in [0, 0.05) is 19.0 Å². The number of nitrogens with zero attached hydrogens (tertiary/aromatic N) is 2. The van der Waals surface area contributed by atoms with Crippen molar-refractivity contribution >= 4 is 28.6 Å². The Morgan fingerprint density at radius 1 is 1.20 bits per heavy atom. The zero-order valence-electron chi connectivity index (χ0n) is 13.7. The summed E-state index contributed by atoms with van der Waals surface area (Å²) in [6.07, 6.45) is 0.509. The van der Waals surface area contributed by atoms with Gasteiger partial charge in [0.15, 0.2) is 5.58 Å². The van der Waals surface area contributed by atoms with Crippen LogP contribution in [0.5, 0.6) is 0 Å². The number of oxazole rings is 1. The number of benzene rings is 2. The predicted octanol–water partition coefficient (Wildman–Crippen LogP) is 2.42. The van der Waals surface area contributed by atoms with Gasteiger partial charge in [-0.25, -0.2) is 4.98 Å². The summed E-state index contributed by atoms with van der Waals surface area (Å²) in [6.45, 7) is 1.66. The molecule has 126 valence electrons. The molecule has 4 rings (SSSR count). The molecule has 1 atom stereocenters. The molecule has 0 saturated carbocycles. The largest absolute Gasteiger partial charge is 0.439 e. The normalized spacial score (nSPS) is 16.0. The van der Waals surface area contributed by atoms with Crippen molar-refractivity contribution < 1.29 is 14.0 Å². The van der Waals surface area contributed by atoms with Gasteiger partial charge in [-0.2, -0.15) is 0 Å². The topological polar surface area (TPSA) is 75.4 Å². The van der Waals surface area contributed by atoms with E-state index in [1.807, 2.05) is 48.5 Å². The highest BCUT2D eigenvalue weighted by molar-refractivity contribution is 6.02. The summed E-state index contributed by atoms with van der Waals surface area (Å²) in [5.74, 6) is 0.0834. The fourth-order valence-corrected chi connectivity index (χ4v) is 3.26. The number of amides is 2. The Balaban J connectivity index is 1.50. The number of nitrogens with one attached hydrogen (secondary N) is 1. The summed E-state index contributed by atoms with van der Waals surface area (Å²) in [5.41, 5.74) is 3.24. The van der Waals surface area contributed by atoms with Gasteiger partial charge < -0.3 is 9.73 Å². The number of rotatable bonds is 3. The Morgan fingerprint density at radius 2 is 1.96 bits per heavy atom. The molecular weight excluding hydrogens is 318 g/mol. The van der Waals surface area contributed by atoms with Crippen LogP contribution in [0.15, 0.2) is 52.9 Å². The summed E-state index contributed by atoms with van der Waals surface area (Å²) in [5, 5.41) is 2.83. The first-order chi connectivity index (χ1) is 12.1. The molecular formula is C19H17N3O3. The fraction of sp³-hybridized carbons (Fsp3) is 0.211. The summed E-state index contributed by atoms with van der Waals surface area (Å²) in [6, 6.07) is 14.5. The molecule has 2 amide bonds. The molecule has 0 bridgehead atoms. The van der Waals surface area contributed by atoms with Crippen molar-refractivity contribution in [3.63, 3.8) is 0 Å². The Labute approximate surface area is 144 Å². The van der Waals surface area contributed by atoms with Crippen molar-refractivity contribution in [2.24, 2.45) is 0 Å². The minimum atomic E-state index is -0.542. The average Bonchev–Trinajstić information content (AvgIpc) is 3.20. The summed E-state index contributed by atoms with van der Waals surface area (Å²) in [4.78, 5) is 30.6. The third-order valence-corrected chi connectivity index (χ3v) is 4.37. The Bertz CT molecular complexity index is 930. The Kier molecular flexibility index (Phi) is 3.72. The second kappa shape index (κ2) is 6.05. The standard InChI is InChI=1S/C19H17N3O3/c1-12(23)22-15-8-4-2-6-13(15)10-16(22)19(24)20-11-18-21-14-7-3-5-9-17(14)25-18/h2-9,16H,10-11H2,1H3,(H,20,24)/t16-/m0/s1. The number of aromatic nitrogens is 1. The maximum absolute atomic E-state index is 12.6. The molecule has 0 saturated heterocycles. The summed E-state index contributed by atoms with van der Waals surface area (Å²) < 4.78 is 5.61. The second-order valence-corrected chi connectivity index (χ2v) is 6.03. The van der Waals surface area contributed by atoms with Gasteiger partial charge in [0.1, 0.15) is 11.6 Å². The van der Waals surface area contributed by atoms with E-state index in [0.29, 0.717) is 17.9 Å². The average molecular weight is 335 g/mol. The van der Waals surface area contributed by atoms with Gasteiger partial charge in [-0.1, -0.05) is 30.3 Å². The summed E-state index contributed by atoms with van der Waals surface area (Å²) >= 11 is 0. The molecule has 0 unspecified atom stereocenters. The van der Waals surface area contributed by atoms with Crippen molar-refractivity contribution in [1.82, 2.24) is 10.3 Å². The van der Waals surface area contributed by atoms with E-state index in [9.17, 15) is 9.59 Å². The minimum absolute atomic E-state index is 0.146. The second-order valence-electron chi connectivity index (χ2n) is 6.03. The zero-order valence-corrected chi connectivity index (χ0v) is 13.7. The molecule has 1 aliphatic rings. The van der Waals surface area contributed by atoms with Crippen molar-refractivity contribution in [1.29, 1.82) is 0 Å². The van der Waals surface area contributed by atoms with Crippen LogP contribution in [-0.2, 0) is 22.6 Å². The molecule has 6 heteroatoms. The van der Waals surface area contributed by atoms with Gasteiger partial charge in [0.25, 0.3) is 0 Å². The van der Waals surface area contributed by atoms with E-state index in [-0.39, 0.29) is 18.4 Å². The van der Waals surface area contributed by atoms with Gasteiger partial charge in [0.2, 0.25) is 17.7 Å². The lowest BCUT2D eigenvalue weighted by Crippen LogP contribution is -2.47. The van der Waals surface area contributed by atoms with Crippen LogP contribution in [0.1, 0.15) is 18.4 Å². The van der Waals surface area contributed by atoms with Crippen LogP contribution >= 0.6 is 0 Å². The van der Waals surface area contributed by atoms with Crippen LogP contribution in [0.2, 0.25) is 0 Å². The minimum Gasteiger partial charge on any atom is -0.439 e. The van der Waals surface area contributed by atoms with Gasteiger partial charge >= 0.3 is 0 Å². The summed E-state index contributed by atoms with van der Waals surface area (Å²) in [7, 11) is 0. The predicted molar refractivity (Wildman–Crippen MR) is 92.9 cm³/mol. The molecule has 2 heterocycles. The van der Waals surface area contributed by atoms with E-state index in [1.165, 1.54) is 6.92 Å². The first-order valence-corrected chi connectivity index (χ1v) is 8.13. The van der Waals surface area contributed by atoms with E-state index in [4.69, 9.17) is 4.42 Å². The van der Waals surface area contributed by atoms with E-state index < -0.39 is 6.04 Å². The third kappa shape index (κ3) is 2.76. The van der Waals surface area contributed by atoms with Gasteiger partial charge in [-0.05, 0) is 23.8 Å². The molecule has 1 aliphatic heterocycles. The maximum atomic E-state index is 12.6. The number of fused-ring (bicyclic) bond motifs is 2. The van der Waals surface area contributed by atoms with Crippen LogP contribution < -0.4 is 10.2 Å². The number of carbonyl (C=O) groups excluding carboxylic acids is 2. The fourth-order valence-electron chi connectivity index (χ4n) is 3.26. The third-order valence-electron chi connectivity index (χ3n) is 4.37. The van der Waals surface area contributed by atoms with Crippen molar-refractivity contribution in [2.75, 3.05) is 4.90 Å². The first kappa shape index (κ1) is 15.4. The maximum Gasteiger partial charge on any atom is 0.243 e. The SMILES string of the molecule is CC(=O)N1c2ccccc2C[C@H]1C(=O)NCc1nc2ccccc2o1. The highest BCUT2D eigenvalue weighted by Gasteiger charge is 2.36. The molecule has 3 aromatic rings. The highest BCUT2D eigenvalue weighted by Crippen LogP contribution is 2.32. The van der Waals surface area contributed by atoms with E-state index in [1.54, 1.807) is 4.90 Å². The molecule has 0 aliphatic carbocycles. The highest BCUT2D eigenvalue weighted by atomic mass is 16.3. The van der Waals surface area contributed by atoms with Crippen LogP contribution in [-0.4, -0.2) is 22.8 Å². The van der Waals surface area contributed by atoms with E-state index in [2.05, 4.69) is 10.3 Å². The Morgan fingerprint density at radius 3 is 2.76 bits per heavy atom. The number of anilines is 1. The number of para-hydroxylation sites is 3. The lowest BCUT2D eigenvalue weighted by molar-refractivity contribution is -0.125. The monoisotopic (exact) mass is 335 g/mol. The van der Waals surface area contributed by atoms with Crippen LogP contribution in [0.25, 0.3) is 11.1 Å². The van der Waals surface area contributed by atoms with Crippen molar-refractivity contribution in [3.8, 4) is 0 Å². The molecule has 0 spiro atoms. The molecule has 0 radical (unpaired) electrons. The Hall–Kier alpha value is -3.15. The van der Waals surface area contributed by atoms with Gasteiger partial charge in [-0.3, -0.25) is 14.5 Å². The van der Waals surface area contributed by atoms with Crippen LogP contribution in [0, 0.1) is 0 Å². The first-order valence-electron chi connectivity index (χ1n) is 8.13. The number of hydrogen-bond acceptors (Lipinski definition) is 4. The lowest BCUT2D eigenvalue weighted by atomic mass is 10.1. The number of carbonyl (C=O) groups is 2. The molecule has 1 N–H and O–H groups in total. The molecule has 25 heavy (non-hydrogen) atoms. The number of hydrogen-bond donors (Lipinski definition) is 1. The van der Waals surface area contributed by atoms with Gasteiger partial charge in [0.05, 0.1) is 6.54 Å². The molecule has 1 aromatic heterocycles. The smallest absolute Gasteiger partial charge is 0.243 e. The zero-order chi connectivity index (χ0) is 17.4. The van der Waals surface area contributed by atoms with Gasteiger partial charge in [-0.15, -0.1) is 0 Å². The van der Waals surface area contributed by atoms with Crippen LogP contribution in [0.4, 0.5) is 5.69 Å². The van der Waals surface area contributed by atoms with E-state index >= 15 is 0 Å². The quantitative estimate of drug-likeness (QED) is 0.797. The molecule has 2 aromatic carbocycles. The van der Waals surface area contributed by atoms with E-state index in [0.717, 1.165) is 16.8 Å². The van der Waals surface area contributed by atoms with Crippen molar-refractivity contribution in [2.45, 2.75) is 25.9 Å². The van der Waals surface area contributed by atoms with Crippen LogP contribution in [0.3, 0.4) is 0 Å². The molecule has 6 nitrogen and oxygen atoms in total. The van der Waals surface area contributed by atoms with Crippen molar-refractivity contribution in [3.05, 3.63) is 60.0 Å². The molecule has 0 fully saturated rings.